The zero-order valence-corrected chi connectivity index (χ0v) is 14.2. The van der Waals surface area contributed by atoms with E-state index in [1.54, 1.807) is 31.4 Å². The van der Waals surface area contributed by atoms with Gasteiger partial charge in [-0.15, -0.1) is 10.2 Å². The van der Waals surface area contributed by atoms with Gasteiger partial charge in [0.05, 0.1) is 10.9 Å². The fourth-order valence-electron chi connectivity index (χ4n) is 2.83. The normalized spacial score (nSPS) is 18.8. The van der Waals surface area contributed by atoms with Crippen LogP contribution in [0.2, 0.25) is 0 Å². The maximum absolute atomic E-state index is 12.9. The SMILES string of the molecule is COCc1nnc2n1CCN(S(=O)(=O)c1ccc(C)cc1)C2C. The van der Waals surface area contributed by atoms with Gasteiger partial charge in [0.15, 0.2) is 11.6 Å². The van der Waals surface area contributed by atoms with Crippen molar-refractivity contribution in [2.75, 3.05) is 13.7 Å². The Labute approximate surface area is 135 Å². The molecule has 0 saturated heterocycles. The van der Waals surface area contributed by atoms with Crippen molar-refractivity contribution < 1.29 is 13.2 Å². The Morgan fingerprint density at radius 3 is 2.57 bits per heavy atom. The first kappa shape index (κ1) is 16.1. The van der Waals surface area contributed by atoms with Gasteiger partial charge in [-0.2, -0.15) is 4.31 Å². The highest BCUT2D eigenvalue weighted by Crippen LogP contribution is 2.30. The summed E-state index contributed by atoms with van der Waals surface area (Å²) in [5, 5.41) is 8.26. The van der Waals surface area contributed by atoms with Crippen LogP contribution in [0.15, 0.2) is 29.2 Å². The van der Waals surface area contributed by atoms with E-state index < -0.39 is 10.0 Å². The van der Waals surface area contributed by atoms with Crippen LogP contribution in [-0.4, -0.2) is 41.1 Å². The van der Waals surface area contributed by atoms with E-state index in [-0.39, 0.29) is 6.04 Å². The van der Waals surface area contributed by atoms with Crippen molar-refractivity contribution in [3.05, 3.63) is 41.5 Å². The van der Waals surface area contributed by atoms with E-state index in [9.17, 15) is 8.42 Å². The summed E-state index contributed by atoms with van der Waals surface area (Å²) in [7, 11) is -1.95. The summed E-state index contributed by atoms with van der Waals surface area (Å²) < 4.78 is 34.3. The van der Waals surface area contributed by atoms with Gasteiger partial charge >= 0.3 is 0 Å². The largest absolute Gasteiger partial charge is 0.377 e. The van der Waals surface area contributed by atoms with Gasteiger partial charge in [-0.1, -0.05) is 17.7 Å². The molecule has 8 heteroatoms. The van der Waals surface area contributed by atoms with Crippen LogP contribution >= 0.6 is 0 Å². The Kier molecular flexibility index (Phi) is 4.22. The number of aryl methyl sites for hydroxylation is 1. The average Bonchev–Trinajstić information content (AvgIpc) is 2.92. The molecule has 0 radical (unpaired) electrons. The number of methoxy groups -OCH3 is 1. The van der Waals surface area contributed by atoms with Gasteiger partial charge in [0, 0.05) is 20.2 Å². The molecule has 3 rings (SSSR count). The number of hydrogen-bond acceptors (Lipinski definition) is 5. The van der Waals surface area contributed by atoms with Gasteiger partial charge in [0.2, 0.25) is 10.0 Å². The number of rotatable bonds is 4. The van der Waals surface area contributed by atoms with Crippen molar-refractivity contribution in [2.24, 2.45) is 0 Å². The number of ether oxygens (including phenoxy) is 1. The maximum atomic E-state index is 12.9. The molecule has 1 aromatic heterocycles. The highest BCUT2D eigenvalue weighted by atomic mass is 32.2. The lowest BCUT2D eigenvalue weighted by molar-refractivity contribution is 0.170. The lowest BCUT2D eigenvalue weighted by atomic mass is 10.2. The minimum Gasteiger partial charge on any atom is -0.377 e. The summed E-state index contributed by atoms with van der Waals surface area (Å²) in [6, 6.07) is 6.54. The molecule has 1 aliphatic rings. The third-order valence-electron chi connectivity index (χ3n) is 4.11. The number of fused-ring (bicyclic) bond motifs is 1. The molecule has 1 aromatic carbocycles. The number of aromatic nitrogens is 3. The molecule has 1 unspecified atom stereocenters. The van der Waals surface area contributed by atoms with Crippen LogP contribution in [0.1, 0.15) is 30.2 Å². The predicted octanol–water partition coefficient (Wildman–Crippen LogP) is 1.50. The van der Waals surface area contributed by atoms with Gasteiger partial charge in [0.25, 0.3) is 0 Å². The monoisotopic (exact) mass is 336 g/mol. The van der Waals surface area contributed by atoms with E-state index in [1.165, 1.54) is 4.31 Å². The second kappa shape index (κ2) is 6.03. The molecule has 0 N–H and O–H groups in total. The van der Waals surface area contributed by atoms with Crippen LogP contribution < -0.4 is 0 Å². The van der Waals surface area contributed by atoms with Crippen LogP contribution in [0.5, 0.6) is 0 Å². The summed E-state index contributed by atoms with van der Waals surface area (Å²) in [6.07, 6.45) is 0. The zero-order chi connectivity index (χ0) is 16.6. The summed E-state index contributed by atoms with van der Waals surface area (Å²) in [6.45, 7) is 5.04. The van der Waals surface area contributed by atoms with Crippen molar-refractivity contribution in [1.82, 2.24) is 19.1 Å². The Hall–Kier alpha value is -1.77. The topological polar surface area (TPSA) is 77.3 Å². The summed E-state index contributed by atoms with van der Waals surface area (Å²) in [5.41, 5.74) is 1.03. The molecule has 0 bridgehead atoms. The van der Waals surface area contributed by atoms with Gasteiger partial charge in [-0.25, -0.2) is 8.42 Å². The van der Waals surface area contributed by atoms with Crippen LogP contribution in [0, 0.1) is 6.92 Å². The molecule has 0 amide bonds. The zero-order valence-electron chi connectivity index (χ0n) is 13.4. The summed E-state index contributed by atoms with van der Waals surface area (Å²) >= 11 is 0. The number of sulfonamides is 1. The van der Waals surface area contributed by atoms with Gasteiger partial charge in [-0.05, 0) is 26.0 Å². The fourth-order valence-corrected chi connectivity index (χ4v) is 4.42. The molecule has 0 fully saturated rings. The molecule has 0 spiro atoms. The van der Waals surface area contributed by atoms with E-state index in [1.807, 2.05) is 18.4 Å². The van der Waals surface area contributed by atoms with Gasteiger partial charge < -0.3 is 9.30 Å². The smallest absolute Gasteiger partial charge is 0.243 e. The van der Waals surface area contributed by atoms with E-state index in [0.717, 1.165) is 11.4 Å². The second-order valence-electron chi connectivity index (χ2n) is 5.66. The second-order valence-corrected chi connectivity index (χ2v) is 7.55. The van der Waals surface area contributed by atoms with Crippen molar-refractivity contribution in [3.8, 4) is 0 Å². The van der Waals surface area contributed by atoms with Crippen LogP contribution in [0.25, 0.3) is 0 Å². The third-order valence-corrected chi connectivity index (χ3v) is 6.09. The summed E-state index contributed by atoms with van der Waals surface area (Å²) in [5.74, 6) is 1.38. The van der Waals surface area contributed by atoms with Crippen LogP contribution in [-0.2, 0) is 27.9 Å². The Morgan fingerprint density at radius 2 is 1.91 bits per heavy atom. The summed E-state index contributed by atoms with van der Waals surface area (Å²) in [4.78, 5) is 0.306. The predicted molar refractivity (Wildman–Crippen MR) is 84.2 cm³/mol. The van der Waals surface area contributed by atoms with E-state index in [0.29, 0.717) is 30.4 Å². The van der Waals surface area contributed by atoms with Crippen molar-refractivity contribution >= 4 is 10.0 Å². The number of nitrogens with zero attached hydrogens (tertiary/aromatic N) is 4. The van der Waals surface area contributed by atoms with E-state index in [4.69, 9.17) is 4.74 Å². The molecular formula is C15H20N4O3S. The van der Waals surface area contributed by atoms with Crippen molar-refractivity contribution in [3.63, 3.8) is 0 Å². The molecule has 1 aliphatic heterocycles. The van der Waals surface area contributed by atoms with Gasteiger partial charge in [0.1, 0.15) is 6.61 Å². The first-order valence-corrected chi connectivity index (χ1v) is 8.88. The lowest BCUT2D eigenvalue weighted by Gasteiger charge is -2.32. The standard InChI is InChI=1S/C15H20N4O3S/c1-11-4-6-13(7-5-11)23(20,21)19-9-8-18-14(10-22-3)16-17-15(18)12(19)2/h4-7,12H,8-10H2,1-3H3. The molecule has 0 aliphatic carbocycles. The first-order valence-electron chi connectivity index (χ1n) is 7.44. The molecule has 2 heterocycles. The van der Waals surface area contributed by atoms with E-state index in [2.05, 4.69) is 10.2 Å². The van der Waals surface area contributed by atoms with Crippen molar-refractivity contribution in [1.29, 1.82) is 0 Å². The number of hydrogen-bond donors (Lipinski definition) is 0. The molecular weight excluding hydrogens is 316 g/mol. The molecule has 124 valence electrons. The highest BCUT2D eigenvalue weighted by Gasteiger charge is 2.36. The van der Waals surface area contributed by atoms with Crippen LogP contribution in [0.3, 0.4) is 0 Å². The number of benzene rings is 1. The first-order chi connectivity index (χ1) is 10.9. The molecule has 0 saturated carbocycles. The molecule has 7 nitrogen and oxygen atoms in total. The Morgan fingerprint density at radius 1 is 1.22 bits per heavy atom. The minimum atomic E-state index is -3.55. The Balaban J connectivity index is 1.94. The molecule has 1 atom stereocenters. The maximum Gasteiger partial charge on any atom is 0.243 e. The molecule has 2 aromatic rings. The fraction of sp³-hybridized carbons (Fsp3) is 0.467. The Bertz CT molecular complexity index is 799. The third kappa shape index (κ3) is 2.77. The lowest BCUT2D eigenvalue weighted by Crippen LogP contribution is -2.41. The van der Waals surface area contributed by atoms with E-state index >= 15 is 0 Å². The van der Waals surface area contributed by atoms with Crippen molar-refractivity contribution in [2.45, 2.75) is 37.9 Å². The average molecular weight is 336 g/mol. The molecule has 23 heavy (non-hydrogen) atoms. The minimum absolute atomic E-state index is 0.306. The highest BCUT2D eigenvalue weighted by molar-refractivity contribution is 7.89. The quantitative estimate of drug-likeness (QED) is 0.845. The van der Waals surface area contributed by atoms with Crippen LogP contribution in [0.4, 0.5) is 0 Å². The van der Waals surface area contributed by atoms with Gasteiger partial charge in [-0.3, -0.25) is 0 Å².